The van der Waals surface area contributed by atoms with E-state index in [0.29, 0.717) is 6.42 Å². The summed E-state index contributed by atoms with van der Waals surface area (Å²) in [5.41, 5.74) is 7.52. The molecule has 20 heavy (non-hydrogen) atoms. The van der Waals surface area contributed by atoms with Gasteiger partial charge in [0, 0.05) is 0 Å². The number of benzene rings is 1. The highest BCUT2D eigenvalue weighted by Crippen LogP contribution is 2.31. The Hall–Kier alpha value is -2.47. The number of carbonyl (C=O) groups is 1. The van der Waals surface area contributed by atoms with Gasteiger partial charge in [-0.25, -0.2) is 9.97 Å². The third-order valence-electron chi connectivity index (χ3n) is 3.42. The number of aliphatic hydroxyl groups excluding tert-OH is 1. The van der Waals surface area contributed by atoms with Crippen molar-refractivity contribution in [3.8, 4) is 0 Å². The number of anilines is 1. The van der Waals surface area contributed by atoms with Crippen LogP contribution in [0.1, 0.15) is 27.7 Å². The van der Waals surface area contributed by atoms with E-state index < -0.39 is 6.10 Å². The van der Waals surface area contributed by atoms with Crippen LogP contribution in [0.15, 0.2) is 36.7 Å². The molecule has 0 saturated carbocycles. The zero-order valence-corrected chi connectivity index (χ0v) is 10.7. The van der Waals surface area contributed by atoms with Crippen LogP contribution in [0.2, 0.25) is 0 Å². The molecule has 0 fully saturated rings. The number of hydrogen-bond donors (Lipinski definition) is 3. The molecule has 1 aliphatic rings. The summed E-state index contributed by atoms with van der Waals surface area (Å²) >= 11 is 0. The second-order valence-corrected chi connectivity index (χ2v) is 4.75. The standard InChI is InChI=1S/C14H14N4O2/c15-12-7-16-11(6-17-12)14(20)18-10-5-8-3-1-2-4-9(8)13(10)19/h1-4,6-7,10,13,19H,5H2,(H2,15,17)(H,18,20)/t10-,13+/m1/s1. The highest BCUT2D eigenvalue weighted by Gasteiger charge is 2.32. The predicted molar refractivity (Wildman–Crippen MR) is 72.8 cm³/mol. The van der Waals surface area contributed by atoms with Gasteiger partial charge in [0.1, 0.15) is 11.5 Å². The lowest BCUT2D eigenvalue weighted by Crippen LogP contribution is -2.38. The Labute approximate surface area is 115 Å². The summed E-state index contributed by atoms with van der Waals surface area (Å²) in [5.74, 6) is -0.107. The molecule has 0 unspecified atom stereocenters. The van der Waals surface area contributed by atoms with Crippen molar-refractivity contribution in [3.63, 3.8) is 0 Å². The van der Waals surface area contributed by atoms with Crippen LogP contribution in [0.5, 0.6) is 0 Å². The first-order valence-corrected chi connectivity index (χ1v) is 6.29. The molecule has 6 nitrogen and oxygen atoms in total. The second-order valence-electron chi connectivity index (χ2n) is 4.75. The highest BCUT2D eigenvalue weighted by atomic mass is 16.3. The van der Waals surface area contributed by atoms with Gasteiger partial charge in [-0.1, -0.05) is 24.3 Å². The molecule has 3 rings (SSSR count). The molecule has 2 atom stereocenters. The van der Waals surface area contributed by atoms with Crippen molar-refractivity contribution < 1.29 is 9.90 Å². The molecular weight excluding hydrogens is 256 g/mol. The Bertz CT molecular complexity index is 642. The van der Waals surface area contributed by atoms with Crippen LogP contribution in [-0.4, -0.2) is 27.0 Å². The number of hydrogen-bond acceptors (Lipinski definition) is 5. The van der Waals surface area contributed by atoms with Crippen LogP contribution in [0.3, 0.4) is 0 Å². The number of nitrogens with one attached hydrogen (secondary N) is 1. The summed E-state index contributed by atoms with van der Waals surface area (Å²) in [6.07, 6.45) is 2.55. The van der Waals surface area contributed by atoms with Crippen LogP contribution in [0.25, 0.3) is 0 Å². The molecule has 6 heteroatoms. The molecule has 2 aromatic rings. The van der Waals surface area contributed by atoms with Gasteiger partial charge in [-0.3, -0.25) is 4.79 Å². The van der Waals surface area contributed by atoms with E-state index in [1.807, 2.05) is 24.3 Å². The fourth-order valence-corrected chi connectivity index (χ4v) is 2.40. The van der Waals surface area contributed by atoms with Gasteiger partial charge in [0.25, 0.3) is 5.91 Å². The molecule has 0 bridgehead atoms. The first kappa shape index (κ1) is 12.6. The van der Waals surface area contributed by atoms with Crippen LogP contribution in [-0.2, 0) is 6.42 Å². The van der Waals surface area contributed by atoms with Gasteiger partial charge in [-0.2, -0.15) is 0 Å². The van der Waals surface area contributed by atoms with Crippen molar-refractivity contribution >= 4 is 11.7 Å². The zero-order chi connectivity index (χ0) is 14.1. The minimum atomic E-state index is -0.697. The first-order valence-electron chi connectivity index (χ1n) is 6.29. The first-order chi connectivity index (χ1) is 9.65. The Morgan fingerprint density at radius 1 is 1.30 bits per heavy atom. The highest BCUT2D eigenvalue weighted by molar-refractivity contribution is 5.92. The van der Waals surface area contributed by atoms with E-state index >= 15 is 0 Å². The van der Waals surface area contributed by atoms with Crippen molar-refractivity contribution in [2.24, 2.45) is 0 Å². The average molecular weight is 270 g/mol. The van der Waals surface area contributed by atoms with E-state index in [9.17, 15) is 9.90 Å². The van der Waals surface area contributed by atoms with Gasteiger partial charge in [0.2, 0.25) is 0 Å². The molecule has 0 aliphatic heterocycles. The Morgan fingerprint density at radius 3 is 2.80 bits per heavy atom. The number of amides is 1. The van der Waals surface area contributed by atoms with E-state index in [1.165, 1.54) is 12.4 Å². The van der Waals surface area contributed by atoms with E-state index in [0.717, 1.165) is 11.1 Å². The maximum absolute atomic E-state index is 12.0. The fraction of sp³-hybridized carbons (Fsp3) is 0.214. The monoisotopic (exact) mass is 270 g/mol. The minimum absolute atomic E-state index is 0.183. The SMILES string of the molecule is Nc1cnc(C(=O)N[C@@H]2Cc3ccccc3[C@@H]2O)cn1. The number of rotatable bonds is 2. The summed E-state index contributed by atoms with van der Waals surface area (Å²) < 4.78 is 0. The Balaban J connectivity index is 1.74. The summed E-state index contributed by atoms with van der Waals surface area (Å²) in [6, 6.07) is 7.26. The lowest BCUT2D eigenvalue weighted by Gasteiger charge is -2.16. The fourth-order valence-electron chi connectivity index (χ4n) is 2.40. The summed E-state index contributed by atoms with van der Waals surface area (Å²) in [6.45, 7) is 0. The van der Waals surface area contributed by atoms with Crippen LogP contribution in [0, 0.1) is 0 Å². The van der Waals surface area contributed by atoms with Crippen molar-refractivity contribution in [2.45, 2.75) is 18.6 Å². The number of aromatic nitrogens is 2. The van der Waals surface area contributed by atoms with Crippen LogP contribution in [0.4, 0.5) is 5.82 Å². The topological polar surface area (TPSA) is 101 Å². The van der Waals surface area contributed by atoms with Gasteiger partial charge < -0.3 is 16.2 Å². The maximum Gasteiger partial charge on any atom is 0.271 e. The molecule has 0 spiro atoms. The average Bonchev–Trinajstić information content (AvgIpc) is 2.77. The molecule has 1 aromatic heterocycles. The quantitative estimate of drug-likeness (QED) is 0.735. The van der Waals surface area contributed by atoms with E-state index in [1.54, 1.807) is 0 Å². The van der Waals surface area contributed by atoms with E-state index in [2.05, 4.69) is 15.3 Å². The van der Waals surface area contributed by atoms with Crippen molar-refractivity contribution in [3.05, 3.63) is 53.5 Å². The molecule has 0 saturated heterocycles. The minimum Gasteiger partial charge on any atom is -0.386 e. The lowest BCUT2D eigenvalue weighted by atomic mass is 10.1. The van der Waals surface area contributed by atoms with Crippen molar-refractivity contribution in [2.75, 3.05) is 5.73 Å². The van der Waals surface area contributed by atoms with Gasteiger partial charge in [0.15, 0.2) is 0 Å². The molecule has 0 radical (unpaired) electrons. The number of nitrogen functional groups attached to an aromatic ring is 1. The molecular formula is C14H14N4O2. The zero-order valence-electron chi connectivity index (χ0n) is 10.7. The summed E-state index contributed by atoms with van der Waals surface area (Å²) in [5, 5.41) is 13.0. The molecule has 1 amide bonds. The Kier molecular flexibility index (Phi) is 3.08. The number of aliphatic hydroxyl groups is 1. The number of nitrogens with zero attached hydrogens (tertiary/aromatic N) is 2. The van der Waals surface area contributed by atoms with Crippen molar-refractivity contribution in [1.82, 2.24) is 15.3 Å². The number of fused-ring (bicyclic) bond motifs is 1. The molecule has 1 aromatic carbocycles. The van der Waals surface area contributed by atoms with Crippen molar-refractivity contribution in [1.29, 1.82) is 0 Å². The third kappa shape index (κ3) is 2.21. The summed E-state index contributed by atoms with van der Waals surface area (Å²) in [7, 11) is 0. The lowest BCUT2D eigenvalue weighted by molar-refractivity contribution is 0.0853. The second kappa shape index (κ2) is 4.90. The van der Waals surface area contributed by atoms with Gasteiger partial charge >= 0.3 is 0 Å². The normalized spacial score (nSPS) is 20.4. The largest absolute Gasteiger partial charge is 0.386 e. The van der Waals surface area contributed by atoms with E-state index in [-0.39, 0.29) is 23.5 Å². The third-order valence-corrected chi connectivity index (χ3v) is 3.42. The van der Waals surface area contributed by atoms with Gasteiger partial charge in [-0.15, -0.1) is 0 Å². The van der Waals surface area contributed by atoms with E-state index in [4.69, 9.17) is 5.73 Å². The Morgan fingerprint density at radius 2 is 2.10 bits per heavy atom. The molecule has 1 aliphatic carbocycles. The smallest absolute Gasteiger partial charge is 0.271 e. The maximum atomic E-state index is 12.0. The van der Waals surface area contributed by atoms with Crippen LogP contribution < -0.4 is 11.1 Å². The molecule has 102 valence electrons. The molecule has 1 heterocycles. The van der Waals surface area contributed by atoms with Gasteiger partial charge in [-0.05, 0) is 17.5 Å². The summed E-state index contributed by atoms with van der Waals surface area (Å²) in [4.78, 5) is 19.8. The predicted octanol–water partition coefficient (Wildman–Crippen LogP) is 0.447. The van der Waals surface area contributed by atoms with Gasteiger partial charge in [0.05, 0.1) is 24.5 Å². The number of carbonyl (C=O) groups excluding carboxylic acids is 1. The van der Waals surface area contributed by atoms with Crippen LogP contribution >= 0.6 is 0 Å². The number of nitrogens with two attached hydrogens (primary N) is 1. The molecule has 4 N–H and O–H groups in total.